The zero-order valence-corrected chi connectivity index (χ0v) is 18.0. The predicted molar refractivity (Wildman–Crippen MR) is 119 cm³/mol. The van der Waals surface area contributed by atoms with E-state index >= 15 is 0 Å². The highest BCUT2D eigenvalue weighted by Gasteiger charge is 2.19. The van der Waals surface area contributed by atoms with E-state index in [0.29, 0.717) is 6.54 Å². The summed E-state index contributed by atoms with van der Waals surface area (Å²) in [4.78, 5) is 9.00. The molecule has 0 atom stereocenters. The van der Waals surface area contributed by atoms with E-state index in [2.05, 4.69) is 32.2 Å². The highest BCUT2D eigenvalue weighted by Crippen LogP contribution is 2.20. The normalized spacial score (nSPS) is 14.6. The summed E-state index contributed by atoms with van der Waals surface area (Å²) < 4.78 is 18.2. The van der Waals surface area contributed by atoms with Gasteiger partial charge in [-0.05, 0) is 42.0 Å². The molecule has 1 fully saturated rings. The van der Waals surface area contributed by atoms with Gasteiger partial charge < -0.3 is 19.9 Å². The van der Waals surface area contributed by atoms with Gasteiger partial charge in [0.2, 0.25) is 0 Å². The minimum Gasteiger partial charge on any atom is -0.497 e. The van der Waals surface area contributed by atoms with Crippen molar-refractivity contribution < 1.29 is 9.13 Å². The minimum atomic E-state index is -0.215. The van der Waals surface area contributed by atoms with Gasteiger partial charge >= 0.3 is 0 Å². The second-order valence-corrected chi connectivity index (χ2v) is 6.20. The van der Waals surface area contributed by atoms with E-state index in [4.69, 9.17) is 4.74 Å². The summed E-state index contributed by atoms with van der Waals surface area (Å²) in [5.74, 6) is 1.54. The average molecular weight is 484 g/mol. The summed E-state index contributed by atoms with van der Waals surface area (Å²) in [5, 5.41) is 3.36. The number of benzene rings is 2. The molecule has 0 amide bonds. The molecular weight excluding hydrogens is 458 g/mol. The smallest absolute Gasteiger partial charge is 0.194 e. The fourth-order valence-electron chi connectivity index (χ4n) is 3.09. The molecule has 146 valence electrons. The van der Waals surface area contributed by atoms with Crippen LogP contribution in [0.1, 0.15) is 5.56 Å². The van der Waals surface area contributed by atoms with Crippen molar-refractivity contribution in [2.24, 2.45) is 4.99 Å². The third kappa shape index (κ3) is 5.72. The molecular formula is C20H26FIN4O. The number of piperazine rings is 1. The van der Waals surface area contributed by atoms with Crippen LogP contribution in [0.2, 0.25) is 0 Å². The van der Waals surface area contributed by atoms with Crippen LogP contribution in [0.4, 0.5) is 10.1 Å². The third-order valence-electron chi connectivity index (χ3n) is 4.59. The van der Waals surface area contributed by atoms with Gasteiger partial charge in [0, 0.05) is 45.5 Å². The van der Waals surface area contributed by atoms with Gasteiger partial charge in [0.15, 0.2) is 5.96 Å². The summed E-state index contributed by atoms with van der Waals surface area (Å²) in [7, 11) is 3.47. The molecule has 0 aromatic heterocycles. The number of halogens is 2. The molecule has 1 saturated heterocycles. The molecule has 0 bridgehead atoms. The standard InChI is InChI=1S/C20H25FN4O.HI/c1-22-20(23-15-16-3-5-17(21)6-4-16)25-13-11-24(12-14-25)18-7-9-19(26-2)10-8-18;/h3-10H,11-15H2,1-2H3,(H,22,23);1H. The molecule has 1 N–H and O–H groups in total. The van der Waals surface area contributed by atoms with Crippen LogP contribution >= 0.6 is 24.0 Å². The third-order valence-corrected chi connectivity index (χ3v) is 4.59. The molecule has 0 spiro atoms. The second kappa shape index (κ2) is 10.3. The lowest BCUT2D eigenvalue weighted by molar-refractivity contribution is 0.372. The fraction of sp³-hybridized carbons (Fsp3) is 0.350. The highest BCUT2D eigenvalue weighted by molar-refractivity contribution is 14.0. The number of nitrogens with one attached hydrogen (secondary N) is 1. The zero-order chi connectivity index (χ0) is 18.4. The van der Waals surface area contributed by atoms with Gasteiger partial charge in [-0.2, -0.15) is 0 Å². The maximum absolute atomic E-state index is 13.0. The number of ether oxygens (including phenoxy) is 1. The van der Waals surface area contributed by atoms with Crippen LogP contribution in [0.15, 0.2) is 53.5 Å². The maximum atomic E-state index is 13.0. The van der Waals surface area contributed by atoms with E-state index in [9.17, 15) is 4.39 Å². The molecule has 1 aliphatic heterocycles. The van der Waals surface area contributed by atoms with Gasteiger partial charge in [-0.25, -0.2) is 4.39 Å². The first kappa shape index (κ1) is 21.3. The average Bonchev–Trinajstić information content (AvgIpc) is 2.70. The maximum Gasteiger partial charge on any atom is 0.194 e. The van der Waals surface area contributed by atoms with E-state index in [1.807, 2.05) is 12.1 Å². The number of rotatable bonds is 4. The molecule has 0 aliphatic carbocycles. The summed E-state index contributed by atoms with van der Waals surface area (Å²) in [5.41, 5.74) is 2.24. The lowest BCUT2D eigenvalue weighted by Gasteiger charge is -2.37. The highest BCUT2D eigenvalue weighted by atomic mass is 127. The number of guanidine groups is 1. The van der Waals surface area contributed by atoms with E-state index in [1.54, 1.807) is 26.3 Å². The Balaban J connectivity index is 0.00000261. The molecule has 2 aromatic rings. The van der Waals surface area contributed by atoms with Crippen molar-refractivity contribution in [1.82, 2.24) is 10.2 Å². The van der Waals surface area contributed by atoms with Crippen molar-refractivity contribution in [2.45, 2.75) is 6.54 Å². The molecule has 0 unspecified atom stereocenters. The lowest BCUT2D eigenvalue weighted by Crippen LogP contribution is -2.52. The van der Waals surface area contributed by atoms with Gasteiger partial charge in [0.25, 0.3) is 0 Å². The molecule has 0 radical (unpaired) electrons. The Bertz CT molecular complexity index is 729. The number of nitrogens with zero attached hydrogens (tertiary/aromatic N) is 3. The Morgan fingerprint density at radius 2 is 1.67 bits per heavy atom. The van der Waals surface area contributed by atoms with Gasteiger partial charge in [0.1, 0.15) is 11.6 Å². The molecule has 3 rings (SSSR count). The van der Waals surface area contributed by atoms with Crippen LogP contribution in [0.5, 0.6) is 5.75 Å². The number of methoxy groups -OCH3 is 1. The monoisotopic (exact) mass is 484 g/mol. The first-order valence-corrected chi connectivity index (χ1v) is 8.78. The molecule has 2 aromatic carbocycles. The molecule has 5 nitrogen and oxygen atoms in total. The topological polar surface area (TPSA) is 40.1 Å². The van der Waals surface area contributed by atoms with Crippen LogP contribution in [-0.2, 0) is 6.54 Å². The van der Waals surface area contributed by atoms with Crippen LogP contribution in [0, 0.1) is 5.82 Å². The first-order chi connectivity index (χ1) is 12.7. The zero-order valence-electron chi connectivity index (χ0n) is 15.7. The SMILES string of the molecule is CN=C(NCc1ccc(F)cc1)N1CCN(c2ccc(OC)cc2)CC1.I. The fourth-order valence-corrected chi connectivity index (χ4v) is 3.09. The lowest BCUT2D eigenvalue weighted by atomic mass is 10.2. The molecule has 7 heteroatoms. The Labute approximate surface area is 177 Å². The molecule has 1 aliphatic rings. The van der Waals surface area contributed by atoms with Gasteiger partial charge in [-0.15, -0.1) is 24.0 Å². The number of hydrogen-bond donors (Lipinski definition) is 1. The van der Waals surface area contributed by atoms with Crippen LogP contribution in [0.25, 0.3) is 0 Å². The summed E-state index contributed by atoms with van der Waals surface area (Å²) in [6.45, 7) is 4.29. The van der Waals surface area contributed by atoms with Gasteiger partial charge in [-0.1, -0.05) is 12.1 Å². The quantitative estimate of drug-likeness (QED) is 0.411. The van der Waals surface area contributed by atoms with Crippen molar-refractivity contribution in [2.75, 3.05) is 45.2 Å². The minimum absolute atomic E-state index is 0. The van der Waals surface area contributed by atoms with Crippen molar-refractivity contribution >= 4 is 35.6 Å². The van der Waals surface area contributed by atoms with Gasteiger partial charge in [-0.3, -0.25) is 4.99 Å². The molecule has 0 saturated carbocycles. The van der Waals surface area contributed by atoms with Crippen molar-refractivity contribution in [3.8, 4) is 5.75 Å². The van der Waals surface area contributed by atoms with Crippen molar-refractivity contribution in [1.29, 1.82) is 0 Å². The number of hydrogen-bond acceptors (Lipinski definition) is 3. The Morgan fingerprint density at radius 1 is 1.04 bits per heavy atom. The predicted octanol–water partition coefficient (Wildman–Crippen LogP) is 3.35. The van der Waals surface area contributed by atoms with E-state index in [-0.39, 0.29) is 29.8 Å². The Morgan fingerprint density at radius 3 is 2.22 bits per heavy atom. The largest absolute Gasteiger partial charge is 0.497 e. The summed E-state index contributed by atoms with van der Waals surface area (Å²) >= 11 is 0. The Hall–Kier alpha value is -2.03. The first-order valence-electron chi connectivity index (χ1n) is 8.78. The Kier molecular flexibility index (Phi) is 8.15. The number of anilines is 1. The molecule has 27 heavy (non-hydrogen) atoms. The second-order valence-electron chi connectivity index (χ2n) is 6.20. The summed E-state index contributed by atoms with van der Waals surface area (Å²) in [6, 6.07) is 14.7. The number of aliphatic imine (C=N–C) groups is 1. The van der Waals surface area contributed by atoms with Crippen molar-refractivity contribution in [3.05, 3.63) is 59.9 Å². The van der Waals surface area contributed by atoms with E-state index < -0.39 is 0 Å². The van der Waals surface area contributed by atoms with E-state index in [1.165, 1.54) is 17.8 Å². The van der Waals surface area contributed by atoms with Crippen LogP contribution < -0.4 is 15.0 Å². The van der Waals surface area contributed by atoms with Crippen LogP contribution in [0.3, 0.4) is 0 Å². The molecule has 1 heterocycles. The van der Waals surface area contributed by atoms with Crippen molar-refractivity contribution in [3.63, 3.8) is 0 Å². The van der Waals surface area contributed by atoms with Crippen LogP contribution in [-0.4, -0.2) is 51.2 Å². The summed E-state index contributed by atoms with van der Waals surface area (Å²) in [6.07, 6.45) is 0. The van der Waals surface area contributed by atoms with E-state index in [0.717, 1.165) is 43.5 Å². The van der Waals surface area contributed by atoms with Gasteiger partial charge in [0.05, 0.1) is 7.11 Å².